The predicted octanol–water partition coefficient (Wildman–Crippen LogP) is 6.33. The van der Waals surface area contributed by atoms with E-state index in [1.54, 1.807) is 0 Å². The Morgan fingerprint density at radius 3 is 2.53 bits per heavy atom. The van der Waals surface area contributed by atoms with Crippen LogP contribution in [0.2, 0.25) is 0 Å². The van der Waals surface area contributed by atoms with Gasteiger partial charge in [-0.3, -0.25) is 4.79 Å². The number of hydrogen-bond donors (Lipinski definition) is 1. The quantitative estimate of drug-likeness (QED) is 0.343. The van der Waals surface area contributed by atoms with Gasteiger partial charge >= 0.3 is 12.1 Å². The molecule has 5 nitrogen and oxygen atoms in total. The van der Waals surface area contributed by atoms with E-state index in [9.17, 15) is 27.9 Å². The summed E-state index contributed by atoms with van der Waals surface area (Å²) in [4.78, 5) is 25.4. The van der Waals surface area contributed by atoms with Crippen LogP contribution in [0.25, 0.3) is 0 Å². The standard InChI is InChI=1S/C27H33F4NO4/c1-4-26(11-15(2)7-16(3)12-26)14-36-23-10-21(28)20(9-19(23)17-5-6-17)24(33)32-13-18(27(29,30)31)8-22(32)25(34)35/h9-10,16-18,22H,2,4-8,11-14H2,1,3H3,(H,34,35)/t16?,18-,22-,26?/m0/s1. The van der Waals surface area contributed by atoms with Gasteiger partial charge in [-0.05, 0) is 68.4 Å². The molecule has 198 valence electrons. The molecule has 2 saturated carbocycles. The van der Waals surface area contributed by atoms with Gasteiger partial charge in [-0.25, -0.2) is 9.18 Å². The number of rotatable bonds is 7. The van der Waals surface area contributed by atoms with Crippen LogP contribution >= 0.6 is 0 Å². The number of carbonyl (C=O) groups excluding carboxylic acids is 1. The van der Waals surface area contributed by atoms with Crippen LogP contribution in [-0.4, -0.2) is 47.3 Å². The summed E-state index contributed by atoms with van der Waals surface area (Å²) in [6.07, 6.45) is -0.0750. The van der Waals surface area contributed by atoms with E-state index in [1.807, 2.05) is 0 Å². The van der Waals surface area contributed by atoms with Crippen LogP contribution < -0.4 is 4.74 Å². The maximum Gasteiger partial charge on any atom is 0.393 e. The van der Waals surface area contributed by atoms with E-state index in [-0.39, 0.29) is 11.3 Å². The molecule has 1 aromatic rings. The lowest BCUT2D eigenvalue weighted by molar-refractivity contribution is -0.170. The van der Waals surface area contributed by atoms with Gasteiger partial charge in [-0.2, -0.15) is 13.2 Å². The zero-order valence-electron chi connectivity index (χ0n) is 20.7. The molecule has 0 radical (unpaired) electrons. The van der Waals surface area contributed by atoms with Crippen molar-refractivity contribution in [2.24, 2.45) is 17.3 Å². The average Bonchev–Trinajstić information content (AvgIpc) is 3.51. The Hall–Kier alpha value is -2.58. The molecule has 3 aliphatic rings. The van der Waals surface area contributed by atoms with Gasteiger partial charge in [0.05, 0.1) is 18.1 Å². The molecule has 1 N–H and O–H groups in total. The molecule has 1 aliphatic heterocycles. The Balaban J connectivity index is 1.59. The van der Waals surface area contributed by atoms with Crippen LogP contribution in [0.1, 0.15) is 80.6 Å². The molecule has 3 fully saturated rings. The van der Waals surface area contributed by atoms with Gasteiger partial charge in [-0.1, -0.05) is 26.0 Å². The van der Waals surface area contributed by atoms with Crippen molar-refractivity contribution in [3.63, 3.8) is 0 Å². The highest BCUT2D eigenvalue weighted by molar-refractivity contribution is 5.97. The molecular weight excluding hydrogens is 478 g/mol. The largest absolute Gasteiger partial charge is 0.493 e. The smallest absolute Gasteiger partial charge is 0.393 e. The van der Waals surface area contributed by atoms with Crippen molar-refractivity contribution in [1.29, 1.82) is 0 Å². The zero-order chi connectivity index (χ0) is 26.4. The summed E-state index contributed by atoms with van der Waals surface area (Å²) in [7, 11) is 0. The summed E-state index contributed by atoms with van der Waals surface area (Å²) in [5, 5.41) is 9.43. The molecule has 9 heteroatoms. The summed E-state index contributed by atoms with van der Waals surface area (Å²) < 4.78 is 61.2. The van der Waals surface area contributed by atoms with Crippen LogP contribution in [0.4, 0.5) is 17.6 Å². The van der Waals surface area contributed by atoms with E-state index in [2.05, 4.69) is 20.4 Å². The molecule has 1 amide bonds. The number of hydrogen-bond acceptors (Lipinski definition) is 3. The van der Waals surface area contributed by atoms with Crippen molar-refractivity contribution < 1.29 is 37.0 Å². The predicted molar refractivity (Wildman–Crippen MR) is 125 cm³/mol. The Morgan fingerprint density at radius 1 is 1.28 bits per heavy atom. The van der Waals surface area contributed by atoms with Gasteiger partial charge in [0.15, 0.2) is 0 Å². The number of ether oxygens (including phenoxy) is 1. The Morgan fingerprint density at radius 2 is 1.97 bits per heavy atom. The molecule has 0 aromatic heterocycles. The first-order valence-corrected chi connectivity index (χ1v) is 12.6. The number of benzene rings is 1. The monoisotopic (exact) mass is 511 g/mol. The second kappa shape index (κ2) is 9.71. The van der Waals surface area contributed by atoms with Gasteiger partial charge in [-0.15, -0.1) is 0 Å². The lowest BCUT2D eigenvalue weighted by Gasteiger charge is -2.40. The average molecular weight is 512 g/mol. The number of amides is 1. The lowest BCUT2D eigenvalue weighted by atomic mass is 9.67. The Bertz CT molecular complexity index is 1050. The molecule has 1 heterocycles. The highest BCUT2D eigenvalue weighted by Crippen LogP contribution is 2.48. The maximum absolute atomic E-state index is 15.2. The molecule has 4 atom stereocenters. The van der Waals surface area contributed by atoms with E-state index < -0.39 is 54.4 Å². The van der Waals surface area contributed by atoms with Gasteiger partial charge < -0.3 is 14.7 Å². The minimum Gasteiger partial charge on any atom is -0.493 e. The molecule has 2 unspecified atom stereocenters. The third kappa shape index (κ3) is 5.39. The van der Waals surface area contributed by atoms with Crippen LogP contribution in [0.3, 0.4) is 0 Å². The number of allylic oxidation sites excluding steroid dienone is 1. The van der Waals surface area contributed by atoms with Crippen molar-refractivity contribution in [2.75, 3.05) is 13.2 Å². The van der Waals surface area contributed by atoms with Crippen molar-refractivity contribution in [1.82, 2.24) is 4.90 Å². The number of nitrogens with zero attached hydrogens (tertiary/aromatic N) is 1. The summed E-state index contributed by atoms with van der Waals surface area (Å²) in [5.74, 6) is -4.58. The Kier molecular flexibility index (Phi) is 7.14. The zero-order valence-corrected chi connectivity index (χ0v) is 20.7. The van der Waals surface area contributed by atoms with Crippen molar-refractivity contribution >= 4 is 11.9 Å². The fraction of sp³-hybridized carbons (Fsp3) is 0.630. The highest BCUT2D eigenvalue weighted by atomic mass is 19.4. The minimum absolute atomic E-state index is 0.0711. The lowest BCUT2D eigenvalue weighted by Crippen LogP contribution is -2.41. The van der Waals surface area contributed by atoms with E-state index in [4.69, 9.17) is 4.74 Å². The summed E-state index contributed by atoms with van der Waals surface area (Å²) in [6.45, 7) is 8.01. The summed E-state index contributed by atoms with van der Waals surface area (Å²) in [5.41, 5.74) is 1.29. The van der Waals surface area contributed by atoms with Gasteiger partial charge in [0, 0.05) is 18.0 Å². The molecule has 1 saturated heterocycles. The van der Waals surface area contributed by atoms with E-state index in [0.29, 0.717) is 28.7 Å². The third-order valence-corrected chi connectivity index (χ3v) is 7.98. The fourth-order valence-corrected chi connectivity index (χ4v) is 5.95. The molecule has 4 rings (SSSR count). The van der Waals surface area contributed by atoms with E-state index in [1.165, 1.54) is 11.6 Å². The molecule has 0 bridgehead atoms. The highest BCUT2D eigenvalue weighted by Gasteiger charge is 2.51. The van der Waals surface area contributed by atoms with Crippen LogP contribution in [0.15, 0.2) is 24.3 Å². The molecule has 1 aromatic carbocycles. The number of alkyl halides is 3. The normalized spacial score (nSPS) is 28.9. The molecule has 2 aliphatic carbocycles. The van der Waals surface area contributed by atoms with Crippen LogP contribution in [-0.2, 0) is 4.79 Å². The summed E-state index contributed by atoms with van der Waals surface area (Å²) >= 11 is 0. The van der Waals surface area contributed by atoms with E-state index >= 15 is 4.39 Å². The first kappa shape index (κ1) is 26.5. The fourth-order valence-electron chi connectivity index (χ4n) is 5.95. The van der Waals surface area contributed by atoms with Crippen LogP contribution in [0.5, 0.6) is 5.75 Å². The number of halogens is 4. The number of carbonyl (C=O) groups is 2. The topological polar surface area (TPSA) is 66.8 Å². The minimum atomic E-state index is -4.64. The second-order valence-electron chi connectivity index (χ2n) is 11.0. The molecular formula is C27H33F4NO4. The van der Waals surface area contributed by atoms with Gasteiger partial charge in [0.1, 0.15) is 17.6 Å². The van der Waals surface area contributed by atoms with Crippen molar-refractivity contribution in [2.45, 2.75) is 76.9 Å². The van der Waals surface area contributed by atoms with Gasteiger partial charge in [0.25, 0.3) is 5.91 Å². The van der Waals surface area contributed by atoms with Crippen LogP contribution in [0, 0.1) is 23.1 Å². The van der Waals surface area contributed by atoms with Crippen molar-refractivity contribution in [3.05, 3.63) is 41.2 Å². The Labute approximate surface area is 208 Å². The number of aliphatic carboxylic acids is 1. The maximum atomic E-state index is 15.2. The van der Waals surface area contributed by atoms with Gasteiger partial charge in [0.2, 0.25) is 0 Å². The van der Waals surface area contributed by atoms with E-state index in [0.717, 1.165) is 44.6 Å². The number of carboxylic acids is 1. The SMILES string of the molecule is C=C1CC(C)CC(CC)(COc2cc(F)c(C(=O)N3C[C@@H](C(F)(F)F)C[C@H]3C(=O)O)cc2C2CC2)C1. The first-order valence-electron chi connectivity index (χ1n) is 12.6. The number of likely N-dealkylation sites (tertiary alicyclic amines) is 1. The third-order valence-electron chi connectivity index (χ3n) is 7.98. The molecule has 36 heavy (non-hydrogen) atoms. The second-order valence-corrected chi connectivity index (χ2v) is 11.0. The summed E-state index contributed by atoms with van der Waals surface area (Å²) in [6, 6.07) is 0.832. The first-order chi connectivity index (χ1) is 16.8. The number of carboxylic acid groups (broad SMARTS) is 1. The molecule has 0 spiro atoms. The van der Waals surface area contributed by atoms with Crippen molar-refractivity contribution in [3.8, 4) is 5.75 Å².